The normalized spacial score (nSPS) is 12.6. The summed E-state index contributed by atoms with van der Waals surface area (Å²) in [6.07, 6.45) is 6.72. The molecule has 0 amide bonds. The topological polar surface area (TPSA) is 56.9 Å². The zero-order valence-corrected chi connectivity index (χ0v) is 12.6. The van der Waals surface area contributed by atoms with Crippen LogP contribution in [0.4, 0.5) is 0 Å². The average molecular weight is 277 g/mol. The van der Waals surface area contributed by atoms with Crippen LogP contribution in [0.5, 0.6) is 5.75 Å². The highest BCUT2D eigenvalue weighted by Crippen LogP contribution is 2.29. The number of ether oxygens (including phenoxy) is 1. The van der Waals surface area contributed by atoms with Crippen LogP contribution in [0.2, 0.25) is 0 Å². The van der Waals surface area contributed by atoms with E-state index in [4.69, 9.17) is 4.74 Å². The first-order valence-electron chi connectivity index (χ1n) is 7.02. The molecule has 1 N–H and O–H groups in total. The Labute approximate surface area is 119 Å². The number of aromatic nitrogens is 4. The first-order valence-corrected chi connectivity index (χ1v) is 7.02. The van der Waals surface area contributed by atoms with Gasteiger partial charge in [-0.05, 0) is 13.0 Å². The van der Waals surface area contributed by atoms with Crippen molar-refractivity contribution >= 4 is 0 Å². The minimum Gasteiger partial charge on any atom is -0.493 e. The molecule has 2 rings (SSSR count). The van der Waals surface area contributed by atoms with Gasteiger partial charge < -0.3 is 10.1 Å². The van der Waals surface area contributed by atoms with Crippen molar-refractivity contribution in [1.82, 2.24) is 24.9 Å². The molecule has 0 saturated heterocycles. The summed E-state index contributed by atoms with van der Waals surface area (Å²) < 4.78 is 9.30. The van der Waals surface area contributed by atoms with E-state index in [2.05, 4.69) is 29.4 Å². The number of hydrogen-bond donors (Lipinski definition) is 1. The van der Waals surface area contributed by atoms with Crippen LogP contribution in [0.15, 0.2) is 18.6 Å². The molecule has 0 aromatic carbocycles. The van der Waals surface area contributed by atoms with Crippen molar-refractivity contribution in [3.05, 3.63) is 29.8 Å². The van der Waals surface area contributed by atoms with Gasteiger partial charge in [-0.25, -0.2) is 0 Å². The third-order valence-electron chi connectivity index (χ3n) is 3.24. The van der Waals surface area contributed by atoms with Gasteiger partial charge in [0.25, 0.3) is 0 Å². The summed E-state index contributed by atoms with van der Waals surface area (Å²) in [5, 5.41) is 12.2. The number of rotatable bonds is 7. The predicted molar refractivity (Wildman–Crippen MR) is 77.8 cm³/mol. The lowest BCUT2D eigenvalue weighted by molar-refractivity contribution is 0.398. The van der Waals surface area contributed by atoms with E-state index in [0.29, 0.717) is 0 Å². The fraction of sp³-hybridized carbons (Fsp3) is 0.571. The summed E-state index contributed by atoms with van der Waals surface area (Å²) in [6, 6.07) is 0.0395. The third kappa shape index (κ3) is 2.85. The van der Waals surface area contributed by atoms with Crippen molar-refractivity contribution in [2.24, 2.45) is 7.05 Å². The maximum atomic E-state index is 5.48. The van der Waals surface area contributed by atoms with Crippen LogP contribution in [0, 0.1) is 0 Å². The van der Waals surface area contributed by atoms with E-state index in [-0.39, 0.29) is 6.04 Å². The lowest BCUT2D eigenvalue weighted by Crippen LogP contribution is -2.25. The summed E-state index contributed by atoms with van der Waals surface area (Å²) in [4.78, 5) is 0. The average Bonchev–Trinajstić information content (AvgIpc) is 3.03. The molecule has 0 aliphatic carbocycles. The number of nitrogens with one attached hydrogen (secondary N) is 1. The zero-order chi connectivity index (χ0) is 14.5. The molecule has 6 heteroatoms. The van der Waals surface area contributed by atoms with Crippen molar-refractivity contribution in [3.63, 3.8) is 0 Å². The summed E-state index contributed by atoms with van der Waals surface area (Å²) in [6.45, 7) is 5.97. The first kappa shape index (κ1) is 14.6. The maximum Gasteiger partial charge on any atom is 0.161 e. The Morgan fingerprint density at radius 2 is 2.10 bits per heavy atom. The largest absolute Gasteiger partial charge is 0.493 e. The lowest BCUT2D eigenvalue weighted by atomic mass is 10.1. The number of methoxy groups -OCH3 is 1. The molecular formula is C14H23N5O. The minimum absolute atomic E-state index is 0.0395. The van der Waals surface area contributed by atoms with E-state index in [9.17, 15) is 0 Å². The second-order valence-electron chi connectivity index (χ2n) is 4.76. The quantitative estimate of drug-likeness (QED) is 0.837. The van der Waals surface area contributed by atoms with Gasteiger partial charge in [-0.15, -0.1) is 0 Å². The van der Waals surface area contributed by atoms with Crippen molar-refractivity contribution in [1.29, 1.82) is 0 Å². The van der Waals surface area contributed by atoms with E-state index in [0.717, 1.165) is 36.5 Å². The monoisotopic (exact) mass is 277 g/mol. The molecule has 0 saturated carbocycles. The molecule has 0 spiro atoms. The zero-order valence-electron chi connectivity index (χ0n) is 12.6. The van der Waals surface area contributed by atoms with Crippen molar-refractivity contribution in [3.8, 4) is 5.75 Å². The minimum atomic E-state index is 0.0395. The van der Waals surface area contributed by atoms with Crippen LogP contribution in [0.25, 0.3) is 0 Å². The molecule has 110 valence electrons. The van der Waals surface area contributed by atoms with Gasteiger partial charge >= 0.3 is 0 Å². The van der Waals surface area contributed by atoms with Gasteiger partial charge in [0.15, 0.2) is 5.75 Å². The summed E-state index contributed by atoms with van der Waals surface area (Å²) in [5.74, 6) is 0.813. The highest BCUT2D eigenvalue weighted by Gasteiger charge is 2.23. The maximum absolute atomic E-state index is 5.48. The Morgan fingerprint density at radius 1 is 1.30 bits per heavy atom. The molecule has 0 aliphatic heterocycles. The summed E-state index contributed by atoms with van der Waals surface area (Å²) in [5.41, 5.74) is 2.18. The SMILES string of the molecule is CCCn1ncc(OC)c1C(NCC)c1cnn(C)c1. The van der Waals surface area contributed by atoms with Gasteiger partial charge in [0.2, 0.25) is 0 Å². The highest BCUT2D eigenvalue weighted by atomic mass is 16.5. The van der Waals surface area contributed by atoms with Gasteiger partial charge in [0.1, 0.15) is 5.69 Å². The Bertz CT molecular complexity index is 546. The smallest absolute Gasteiger partial charge is 0.161 e. The molecule has 2 heterocycles. The summed E-state index contributed by atoms with van der Waals surface area (Å²) in [7, 11) is 3.61. The fourth-order valence-electron chi connectivity index (χ4n) is 2.38. The molecule has 6 nitrogen and oxygen atoms in total. The molecule has 0 radical (unpaired) electrons. The summed E-state index contributed by atoms with van der Waals surface area (Å²) >= 11 is 0. The van der Waals surface area contributed by atoms with Crippen LogP contribution in [-0.2, 0) is 13.6 Å². The molecule has 0 aliphatic rings. The molecule has 0 fully saturated rings. The van der Waals surface area contributed by atoms with Crippen molar-refractivity contribution in [2.45, 2.75) is 32.9 Å². The van der Waals surface area contributed by atoms with Crippen molar-refractivity contribution < 1.29 is 4.74 Å². The number of aryl methyl sites for hydroxylation is 2. The van der Waals surface area contributed by atoms with Crippen LogP contribution in [-0.4, -0.2) is 33.2 Å². The first-order chi connectivity index (χ1) is 9.71. The van der Waals surface area contributed by atoms with Gasteiger partial charge in [-0.1, -0.05) is 13.8 Å². The second kappa shape index (κ2) is 6.56. The molecular weight excluding hydrogens is 254 g/mol. The van der Waals surface area contributed by atoms with E-state index in [1.54, 1.807) is 13.3 Å². The Hall–Kier alpha value is -1.82. The third-order valence-corrected chi connectivity index (χ3v) is 3.24. The number of nitrogens with zero attached hydrogens (tertiary/aromatic N) is 4. The second-order valence-corrected chi connectivity index (χ2v) is 4.76. The van der Waals surface area contributed by atoms with E-state index in [1.807, 2.05) is 28.8 Å². The van der Waals surface area contributed by atoms with Crippen molar-refractivity contribution in [2.75, 3.05) is 13.7 Å². The Balaban J connectivity index is 2.44. The van der Waals surface area contributed by atoms with E-state index in [1.165, 1.54) is 0 Å². The Morgan fingerprint density at radius 3 is 2.65 bits per heavy atom. The van der Waals surface area contributed by atoms with Gasteiger partial charge in [0, 0.05) is 25.4 Å². The Kier molecular flexibility index (Phi) is 4.79. The lowest BCUT2D eigenvalue weighted by Gasteiger charge is -2.19. The van der Waals surface area contributed by atoms with E-state index < -0.39 is 0 Å². The molecule has 0 bridgehead atoms. The van der Waals surface area contributed by atoms with Gasteiger partial charge in [-0.3, -0.25) is 9.36 Å². The highest BCUT2D eigenvalue weighted by molar-refractivity contribution is 5.35. The van der Waals surface area contributed by atoms with Crippen LogP contribution in [0.1, 0.15) is 37.6 Å². The predicted octanol–water partition coefficient (Wildman–Crippen LogP) is 1.73. The standard InChI is InChI=1S/C14H23N5O/c1-5-7-19-14(12(20-4)9-17-19)13(15-6-2)11-8-16-18(3)10-11/h8-10,13,15H,5-7H2,1-4H3. The molecule has 1 unspecified atom stereocenters. The van der Waals surface area contributed by atoms with Crippen LogP contribution in [0.3, 0.4) is 0 Å². The van der Waals surface area contributed by atoms with Gasteiger partial charge in [-0.2, -0.15) is 10.2 Å². The molecule has 2 aromatic heterocycles. The van der Waals surface area contributed by atoms with Crippen LogP contribution < -0.4 is 10.1 Å². The number of hydrogen-bond acceptors (Lipinski definition) is 4. The fourth-order valence-corrected chi connectivity index (χ4v) is 2.38. The van der Waals surface area contributed by atoms with E-state index >= 15 is 0 Å². The molecule has 2 aromatic rings. The molecule has 1 atom stereocenters. The van der Waals surface area contributed by atoms with Gasteiger partial charge in [0.05, 0.1) is 25.5 Å². The molecule has 20 heavy (non-hydrogen) atoms. The van der Waals surface area contributed by atoms with Crippen LogP contribution >= 0.6 is 0 Å².